The molecule has 0 fully saturated rings. The third-order valence-electron chi connectivity index (χ3n) is 10.1. The molecule has 7 aromatic carbocycles. The zero-order chi connectivity index (χ0) is 33.5. The number of benzene rings is 7. The number of aliphatic imine (C=N–C) groups is 2. The van der Waals surface area contributed by atoms with Crippen LogP contribution in [-0.4, -0.2) is 16.2 Å². The van der Waals surface area contributed by atoms with Crippen molar-refractivity contribution in [2.45, 2.75) is 6.17 Å². The first-order valence-electron chi connectivity index (χ1n) is 17.1. The number of furan rings is 2. The summed E-state index contributed by atoms with van der Waals surface area (Å²) < 4.78 is 15.6. The van der Waals surface area contributed by atoms with Gasteiger partial charge in [0, 0.05) is 55.2 Å². The zero-order valence-corrected chi connectivity index (χ0v) is 27.2. The van der Waals surface area contributed by atoms with Gasteiger partial charge in [0.15, 0.2) is 17.0 Å². The van der Waals surface area contributed by atoms with Gasteiger partial charge in [-0.25, -0.2) is 9.98 Å². The fourth-order valence-corrected chi connectivity index (χ4v) is 7.66. The largest absolute Gasteiger partial charge is 0.452 e. The van der Waals surface area contributed by atoms with Crippen LogP contribution in [0.1, 0.15) is 22.9 Å². The molecule has 1 aliphatic rings. The third kappa shape index (κ3) is 4.30. The number of rotatable bonds is 4. The lowest BCUT2D eigenvalue weighted by Gasteiger charge is -2.23. The van der Waals surface area contributed by atoms with Crippen molar-refractivity contribution < 1.29 is 8.83 Å². The van der Waals surface area contributed by atoms with Crippen LogP contribution >= 0.6 is 0 Å². The number of aromatic nitrogens is 1. The first-order chi connectivity index (χ1) is 25.3. The molecule has 240 valence electrons. The Morgan fingerprint density at radius 1 is 0.490 bits per heavy atom. The summed E-state index contributed by atoms with van der Waals surface area (Å²) >= 11 is 0. The van der Waals surface area contributed by atoms with E-state index in [9.17, 15) is 0 Å². The molecule has 6 nitrogen and oxygen atoms in total. The van der Waals surface area contributed by atoms with E-state index in [2.05, 4.69) is 125 Å². The summed E-state index contributed by atoms with van der Waals surface area (Å²) in [6.07, 6.45) is -0.275. The van der Waals surface area contributed by atoms with E-state index < -0.39 is 0 Å². The Hall–Kier alpha value is -6.92. The SMILES string of the molecule is c1ccc(C2=NC(c3ccc4c(c3)oc3c4ccc4c5ccc(-n6c7ccccc7c7ccccc76)cc5oc43)=NC(c3ccccc3)N2)cc1. The van der Waals surface area contributed by atoms with E-state index in [1.807, 2.05) is 42.5 Å². The number of hydrogen-bond donors (Lipinski definition) is 1. The number of fused-ring (bicyclic) bond motifs is 10. The highest BCUT2D eigenvalue weighted by atomic mass is 16.4. The quantitative estimate of drug-likeness (QED) is 0.205. The normalized spacial score (nSPS) is 14.9. The molecule has 10 aromatic rings. The smallest absolute Gasteiger partial charge is 0.178 e. The first-order valence-corrected chi connectivity index (χ1v) is 17.1. The van der Waals surface area contributed by atoms with Gasteiger partial charge in [0.25, 0.3) is 0 Å². The Morgan fingerprint density at radius 2 is 1.06 bits per heavy atom. The van der Waals surface area contributed by atoms with E-state index in [0.29, 0.717) is 5.84 Å². The molecule has 51 heavy (non-hydrogen) atoms. The molecule has 1 aliphatic heterocycles. The van der Waals surface area contributed by atoms with Crippen molar-refractivity contribution in [2.75, 3.05) is 0 Å². The van der Waals surface area contributed by atoms with Crippen molar-refractivity contribution in [3.63, 3.8) is 0 Å². The van der Waals surface area contributed by atoms with Crippen LogP contribution in [0.15, 0.2) is 177 Å². The molecule has 6 heteroatoms. The van der Waals surface area contributed by atoms with E-state index >= 15 is 0 Å². The number of para-hydroxylation sites is 2. The molecule has 1 unspecified atom stereocenters. The molecular weight excluding hydrogens is 629 g/mol. The van der Waals surface area contributed by atoms with E-state index in [0.717, 1.165) is 72.1 Å². The molecule has 0 aliphatic carbocycles. The minimum Gasteiger partial charge on any atom is -0.452 e. The zero-order valence-electron chi connectivity index (χ0n) is 27.2. The van der Waals surface area contributed by atoms with Gasteiger partial charge in [0.05, 0.1) is 11.0 Å². The van der Waals surface area contributed by atoms with Crippen LogP contribution in [0.3, 0.4) is 0 Å². The topological polar surface area (TPSA) is 68.0 Å². The lowest BCUT2D eigenvalue weighted by Crippen LogP contribution is -2.33. The molecule has 0 radical (unpaired) electrons. The molecule has 1 N–H and O–H groups in total. The number of hydrogen-bond acceptors (Lipinski definition) is 5. The molecule has 0 bridgehead atoms. The van der Waals surface area contributed by atoms with Gasteiger partial charge < -0.3 is 18.7 Å². The fraction of sp³-hybridized carbons (Fsp3) is 0.0222. The van der Waals surface area contributed by atoms with Crippen LogP contribution in [0, 0.1) is 0 Å². The van der Waals surface area contributed by atoms with Crippen molar-refractivity contribution in [2.24, 2.45) is 9.98 Å². The minimum absolute atomic E-state index is 0.275. The van der Waals surface area contributed by atoms with Crippen LogP contribution in [-0.2, 0) is 0 Å². The Labute approximate surface area is 291 Å². The number of nitrogens with one attached hydrogen (secondary N) is 1. The van der Waals surface area contributed by atoms with Crippen molar-refractivity contribution in [3.05, 3.63) is 174 Å². The second-order valence-electron chi connectivity index (χ2n) is 13.0. The van der Waals surface area contributed by atoms with Crippen molar-refractivity contribution in [1.29, 1.82) is 0 Å². The van der Waals surface area contributed by atoms with Crippen LogP contribution in [0.25, 0.3) is 71.4 Å². The summed E-state index contributed by atoms with van der Waals surface area (Å²) in [6.45, 7) is 0. The van der Waals surface area contributed by atoms with Gasteiger partial charge in [0.1, 0.15) is 23.2 Å². The highest BCUT2D eigenvalue weighted by molar-refractivity contribution is 6.20. The molecule has 0 spiro atoms. The van der Waals surface area contributed by atoms with Gasteiger partial charge in [-0.15, -0.1) is 0 Å². The summed E-state index contributed by atoms with van der Waals surface area (Å²) in [5.74, 6) is 1.43. The maximum Gasteiger partial charge on any atom is 0.178 e. The standard InChI is InChI=1S/C45H28N4O2/c1-3-11-27(12-4-1)43-46-44(28-13-5-2-6-14-28)48-45(47-43)29-19-21-33-35-23-24-36-34-22-20-30(26-40(34)51-42(36)41(35)50-39(33)25-29)49-37-17-9-7-15-31(37)32-16-8-10-18-38(32)49/h1-26,43H,(H,46,47,48). The van der Waals surface area contributed by atoms with E-state index in [4.69, 9.17) is 18.8 Å². The summed E-state index contributed by atoms with van der Waals surface area (Å²) in [5.41, 5.74) is 9.39. The average Bonchev–Trinajstić information content (AvgIpc) is 3.87. The van der Waals surface area contributed by atoms with Crippen LogP contribution in [0.4, 0.5) is 0 Å². The van der Waals surface area contributed by atoms with Crippen molar-refractivity contribution >= 4 is 77.4 Å². The summed E-state index contributed by atoms with van der Waals surface area (Å²) in [6, 6.07) is 54.5. The highest BCUT2D eigenvalue weighted by Gasteiger charge is 2.23. The second-order valence-corrected chi connectivity index (χ2v) is 13.0. The maximum absolute atomic E-state index is 6.67. The molecule has 4 heterocycles. The summed E-state index contributed by atoms with van der Waals surface area (Å²) in [7, 11) is 0. The van der Waals surface area contributed by atoms with Gasteiger partial charge in [-0.1, -0.05) is 103 Å². The van der Waals surface area contributed by atoms with Crippen molar-refractivity contribution in [3.8, 4) is 5.69 Å². The van der Waals surface area contributed by atoms with Gasteiger partial charge in [-0.2, -0.15) is 0 Å². The van der Waals surface area contributed by atoms with E-state index in [-0.39, 0.29) is 6.17 Å². The molecule has 0 amide bonds. The molecule has 1 atom stereocenters. The maximum atomic E-state index is 6.67. The predicted octanol–water partition coefficient (Wildman–Crippen LogP) is 11.1. The van der Waals surface area contributed by atoms with Gasteiger partial charge in [-0.3, -0.25) is 0 Å². The van der Waals surface area contributed by atoms with Gasteiger partial charge >= 0.3 is 0 Å². The first kappa shape index (κ1) is 28.0. The number of amidine groups is 2. The van der Waals surface area contributed by atoms with E-state index in [1.165, 1.54) is 21.8 Å². The Kier molecular flexibility index (Phi) is 5.92. The lowest BCUT2D eigenvalue weighted by atomic mass is 10.1. The molecule has 11 rings (SSSR count). The predicted molar refractivity (Wildman–Crippen MR) is 207 cm³/mol. The van der Waals surface area contributed by atoms with Gasteiger partial charge in [0.2, 0.25) is 0 Å². The van der Waals surface area contributed by atoms with Crippen LogP contribution in [0.2, 0.25) is 0 Å². The fourth-order valence-electron chi connectivity index (χ4n) is 7.66. The van der Waals surface area contributed by atoms with Gasteiger partial charge in [-0.05, 0) is 54.1 Å². The summed E-state index contributed by atoms with van der Waals surface area (Å²) in [4.78, 5) is 10.1. The Bertz CT molecular complexity index is 3000. The van der Waals surface area contributed by atoms with Crippen molar-refractivity contribution in [1.82, 2.24) is 9.88 Å². The third-order valence-corrected chi connectivity index (χ3v) is 10.1. The monoisotopic (exact) mass is 656 g/mol. The number of nitrogens with zero attached hydrogens (tertiary/aromatic N) is 3. The van der Waals surface area contributed by atoms with Crippen LogP contribution in [0.5, 0.6) is 0 Å². The Morgan fingerprint density at radius 3 is 1.75 bits per heavy atom. The lowest BCUT2D eigenvalue weighted by molar-refractivity contribution is 0.633. The molecule has 3 aromatic heterocycles. The van der Waals surface area contributed by atoms with Crippen LogP contribution < -0.4 is 5.32 Å². The van der Waals surface area contributed by atoms with E-state index in [1.54, 1.807) is 0 Å². The molecular formula is C45H28N4O2. The summed E-state index contributed by atoms with van der Waals surface area (Å²) in [5, 5.41) is 10.1. The Balaban J connectivity index is 1.05. The minimum atomic E-state index is -0.275. The highest BCUT2D eigenvalue weighted by Crippen LogP contribution is 2.40. The molecule has 0 saturated heterocycles. The second kappa shape index (κ2) is 10.8. The molecule has 0 saturated carbocycles. The average molecular weight is 657 g/mol.